The first kappa shape index (κ1) is 20.1. The molecule has 9 heteroatoms. The fourth-order valence-corrected chi connectivity index (χ4v) is 4.09. The van der Waals surface area contributed by atoms with E-state index in [1.807, 2.05) is 13.8 Å². The Morgan fingerprint density at radius 2 is 2.04 bits per heavy atom. The Hall–Kier alpha value is -1.19. The van der Waals surface area contributed by atoms with Gasteiger partial charge in [0, 0.05) is 25.2 Å². The summed E-state index contributed by atoms with van der Waals surface area (Å²) in [7, 11) is -3.72. The van der Waals surface area contributed by atoms with Crippen molar-refractivity contribution < 1.29 is 17.9 Å². The summed E-state index contributed by atoms with van der Waals surface area (Å²) in [5.74, 6) is -0.205. The summed E-state index contributed by atoms with van der Waals surface area (Å²) >= 11 is 0. The van der Waals surface area contributed by atoms with E-state index in [0.29, 0.717) is 19.8 Å². The van der Waals surface area contributed by atoms with Gasteiger partial charge in [-0.15, -0.1) is 12.4 Å². The molecule has 0 radical (unpaired) electrons. The number of amides is 1. The first-order valence-electron chi connectivity index (χ1n) is 8.10. The molecule has 1 saturated heterocycles. The second-order valence-electron chi connectivity index (χ2n) is 6.32. The first-order valence-corrected chi connectivity index (χ1v) is 9.59. The van der Waals surface area contributed by atoms with Crippen LogP contribution >= 0.6 is 12.4 Å². The molecule has 2 atom stereocenters. The van der Waals surface area contributed by atoms with Crippen LogP contribution in [0.5, 0.6) is 0 Å². The third-order valence-electron chi connectivity index (χ3n) is 4.77. The smallest absolute Gasteiger partial charge is 0.241 e. The predicted octanol–water partition coefficient (Wildman–Crippen LogP) is 0.626. The summed E-state index contributed by atoms with van der Waals surface area (Å²) in [5, 5.41) is 3.29. The average Bonchev–Trinajstić information content (AvgIpc) is 3.03. The van der Waals surface area contributed by atoms with Crippen LogP contribution in [0.1, 0.15) is 25.0 Å². The van der Waals surface area contributed by atoms with Gasteiger partial charge in [-0.05, 0) is 37.1 Å². The molecule has 2 aliphatic heterocycles. The maximum Gasteiger partial charge on any atom is 0.241 e. The molecular weight excluding hydrogens is 366 g/mol. The van der Waals surface area contributed by atoms with Crippen molar-refractivity contribution in [3.8, 4) is 0 Å². The van der Waals surface area contributed by atoms with E-state index >= 15 is 0 Å². The Balaban J connectivity index is 0.00000225. The SMILES string of the molecule is CC1NCCN(C(=O)CNS(=O)(=O)c2ccc3c(c2)COC3)C1C.Cl. The van der Waals surface area contributed by atoms with Gasteiger partial charge in [0.25, 0.3) is 0 Å². The van der Waals surface area contributed by atoms with Gasteiger partial charge < -0.3 is 15.0 Å². The van der Waals surface area contributed by atoms with Crippen LogP contribution < -0.4 is 10.0 Å². The number of fused-ring (bicyclic) bond motifs is 1. The van der Waals surface area contributed by atoms with Crippen molar-refractivity contribution in [2.75, 3.05) is 19.6 Å². The van der Waals surface area contributed by atoms with Crippen molar-refractivity contribution in [1.29, 1.82) is 0 Å². The molecule has 0 aromatic heterocycles. The number of carbonyl (C=O) groups excluding carboxylic acids is 1. The van der Waals surface area contributed by atoms with Crippen LogP contribution in [0.2, 0.25) is 0 Å². The minimum Gasteiger partial charge on any atom is -0.372 e. The highest BCUT2D eigenvalue weighted by molar-refractivity contribution is 7.89. The number of nitrogens with zero attached hydrogens (tertiary/aromatic N) is 1. The van der Waals surface area contributed by atoms with E-state index < -0.39 is 10.0 Å². The van der Waals surface area contributed by atoms with Crippen LogP contribution in [-0.2, 0) is 32.8 Å². The van der Waals surface area contributed by atoms with Crippen LogP contribution in [0.15, 0.2) is 23.1 Å². The summed E-state index contributed by atoms with van der Waals surface area (Å²) in [6.07, 6.45) is 0. The zero-order chi connectivity index (χ0) is 17.3. The molecule has 2 N–H and O–H groups in total. The fourth-order valence-electron chi connectivity index (χ4n) is 3.07. The van der Waals surface area contributed by atoms with E-state index in [2.05, 4.69) is 10.0 Å². The van der Waals surface area contributed by atoms with Gasteiger partial charge in [-0.1, -0.05) is 6.07 Å². The van der Waals surface area contributed by atoms with Crippen LogP contribution in [0.3, 0.4) is 0 Å². The van der Waals surface area contributed by atoms with Crippen molar-refractivity contribution >= 4 is 28.3 Å². The lowest BCUT2D eigenvalue weighted by Gasteiger charge is -2.38. The van der Waals surface area contributed by atoms with Gasteiger partial charge in [-0.2, -0.15) is 0 Å². The molecule has 2 aliphatic rings. The molecule has 1 amide bonds. The lowest BCUT2D eigenvalue weighted by Crippen LogP contribution is -2.58. The number of sulfonamides is 1. The van der Waals surface area contributed by atoms with Gasteiger partial charge >= 0.3 is 0 Å². The third-order valence-corrected chi connectivity index (χ3v) is 6.17. The molecule has 3 rings (SSSR count). The molecule has 2 unspecified atom stereocenters. The molecule has 1 aromatic rings. The Labute approximate surface area is 154 Å². The van der Waals surface area contributed by atoms with Gasteiger partial charge in [-0.3, -0.25) is 4.79 Å². The topological polar surface area (TPSA) is 87.7 Å². The molecule has 2 heterocycles. The molecule has 0 bridgehead atoms. The quantitative estimate of drug-likeness (QED) is 0.788. The monoisotopic (exact) mass is 389 g/mol. The van der Waals surface area contributed by atoms with Crippen LogP contribution in [-0.4, -0.2) is 50.9 Å². The maximum absolute atomic E-state index is 12.4. The number of hydrogen-bond donors (Lipinski definition) is 2. The summed E-state index contributed by atoms with van der Waals surface area (Å²) < 4.78 is 32.6. The Morgan fingerprint density at radius 1 is 1.32 bits per heavy atom. The minimum absolute atomic E-state index is 0. The van der Waals surface area contributed by atoms with Crippen LogP contribution in [0.4, 0.5) is 0 Å². The van der Waals surface area contributed by atoms with Crippen molar-refractivity contribution in [2.24, 2.45) is 0 Å². The lowest BCUT2D eigenvalue weighted by atomic mass is 10.1. The van der Waals surface area contributed by atoms with Gasteiger partial charge in [0.2, 0.25) is 15.9 Å². The van der Waals surface area contributed by atoms with Crippen LogP contribution in [0.25, 0.3) is 0 Å². The summed E-state index contributed by atoms with van der Waals surface area (Å²) in [4.78, 5) is 14.3. The van der Waals surface area contributed by atoms with E-state index in [-0.39, 0.29) is 41.8 Å². The summed E-state index contributed by atoms with van der Waals surface area (Å²) in [6, 6.07) is 5.16. The van der Waals surface area contributed by atoms with Crippen molar-refractivity contribution in [2.45, 2.75) is 44.0 Å². The highest BCUT2D eigenvalue weighted by Gasteiger charge is 2.29. The average molecular weight is 390 g/mol. The maximum atomic E-state index is 12.4. The minimum atomic E-state index is -3.72. The van der Waals surface area contributed by atoms with Crippen molar-refractivity contribution in [3.63, 3.8) is 0 Å². The lowest BCUT2D eigenvalue weighted by molar-refractivity contribution is -0.133. The number of halogens is 1. The van der Waals surface area contributed by atoms with Gasteiger partial charge in [0.1, 0.15) is 0 Å². The van der Waals surface area contributed by atoms with E-state index in [4.69, 9.17) is 4.74 Å². The van der Waals surface area contributed by atoms with Crippen molar-refractivity contribution in [1.82, 2.24) is 14.9 Å². The standard InChI is InChI=1S/C16H23N3O4S.ClH/c1-11-12(2)19(6-5-17-11)16(20)8-18-24(21,22)15-4-3-13-9-23-10-14(13)7-15;/h3-4,7,11-12,17-18H,5-6,8-10H2,1-2H3;1H. The Kier molecular flexibility index (Phi) is 6.45. The second-order valence-corrected chi connectivity index (χ2v) is 8.09. The van der Waals surface area contributed by atoms with E-state index in [9.17, 15) is 13.2 Å². The summed E-state index contributed by atoms with van der Waals surface area (Å²) in [5.41, 5.74) is 1.89. The zero-order valence-electron chi connectivity index (χ0n) is 14.3. The predicted molar refractivity (Wildman–Crippen MR) is 96.0 cm³/mol. The number of hydrogen-bond acceptors (Lipinski definition) is 5. The summed E-state index contributed by atoms with van der Waals surface area (Å²) in [6.45, 7) is 5.99. The molecule has 7 nitrogen and oxygen atoms in total. The largest absolute Gasteiger partial charge is 0.372 e. The number of benzene rings is 1. The molecule has 0 spiro atoms. The van der Waals surface area contributed by atoms with E-state index in [1.54, 1.807) is 23.1 Å². The van der Waals surface area contributed by atoms with Gasteiger partial charge in [0.05, 0.1) is 24.7 Å². The third kappa shape index (κ3) is 4.32. The second kappa shape index (κ2) is 8.01. The zero-order valence-corrected chi connectivity index (χ0v) is 16.0. The Bertz CT molecular complexity index is 741. The molecular formula is C16H24ClN3O4S. The fraction of sp³-hybridized carbons (Fsp3) is 0.562. The number of nitrogens with one attached hydrogen (secondary N) is 2. The highest BCUT2D eigenvalue weighted by Crippen LogP contribution is 2.23. The molecule has 0 aliphatic carbocycles. The molecule has 140 valence electrons. The van der Waals surface area contributed by atoms with Crippen LogP contribution in [0, 0.1) is 0 Å². The number of rotatable bonds is 4. The molecule has 1 fully saturated rings. The van der Waals surface area contributed by atoms with Gasteiger partial charge in [-0.25, -0.2) is 13.1 Å². The first-order chi connectivity index (χ1) is 11.4. The number of carbonyl (C=O) groups is 1. The molecule has 25 heavy (non-hydrogen) atoms. The van der Waals surface area contributed by atoms with E-state index in [1.165, 1.54) is 0 Å². The molecule has 0 saturated carbocycles. The highest BCUT2D eigenvalue weighted by atomic mass is 35.5. The van der Waals surface area contributed by atoms with E-state index in [0.717, 1.165) is 17.7 Å². The van der Waals surface area contributed by atoms with Crippen molar-refractivity contribution in [3.05, 3.63) is 29.3 Å². The van der Waals surface area contributed by atoms with Gasteiger partial charge in [0.15, 0.2) is 0 Å². The normalized spacial score (nSPS) is 23.0. The Morgan fingerprint density at radius 3 is 2.80 bits per heavy atom. The number of piperazine rings is 1. The molecule has 1 aromatic carbocycles. The number of ether oxygens (including phenoxy) is 1.